The van der Waals surface area contributed by atoms with Crippen LogP contribution in [0.25, 0.3) is 111 Å². The second-order valence-electron chi connectivity index (χ2n) is 14.2. The molecular weight excluding hydrogens is 685 g/mol. The number of rotatable bonds is 6. The Labute approximate surface area is 323 Å². The fourth-order valence-electron chi connectivity index (χ4n) is 7.90. The van der Waals surface area contributed by atoms with Crippen LogP contribution in [0.2, 0.25) is 0 Å². The van der Waals surface area contributed by atoms with Crippen LogP contribution in [0.1, 0.15) is 0 Å². The summed E-state index contributed by atoms with van der Waals surface area (Å²) < 4.78 is 12.6. The molecule has 56 heavy (non-hydrogen) atoms. The second kappa shape index (κ2) is 13.1. The quantitative estimate of drug-likeness (QED) is 0.172. The van der Waals surface area contributed by atoms with E-state index in [0.29, 0.717) is 5.82 Å². The van der Waals surface area contributed by atoms with Crippen LogP contribution in [-0.2, 0) is 0 Å². The van der Waals surface area contributed by atoms with Crippen molar-refractivity contribution in [1.29, 1.82) is 0 Å². The van der Waals surface area contributed by atoms with E-state index < -0.39 is 0 Å². The van der Waals surface area contributed by atoms with Gasteiger partial charge in [0, 0.05) is 43.8 Å². The summed E-state index contributed by atoms with van der Waals surface area (Å²) in [6, 6.07) is 67.5. The van der Waals surface area contributed by atoms with E-state index in [9.17, 15) is 0 Å². The van der Waals surface area contributed by atoms with Crippen molar-refractivity contribution >= 4 is 43.9 Å². The zero-order valence-corrected chi connectivity index (χ0v) is 30.2. The number of para-hydroxylation sites is 3. The molecule has 0 fully saturated rings. The average molecular weight is 717 g/mol. The lowest BCUT2D eigenvalue weighted by Gasteiger charge is -2.14. The number of hydrogen-bond donors (Lipinski definition) is 0. The minimum Gasteiger partial charge on any atom is -0.456 e. The van der Waals surface area contributed by atoms with Crippen molar-refractivity contribution in [3.05, 3.63) is 194 Å². The highest BCUT2D eigenvalue weighted by atomic mass is 16.3. The molecule has 8 aromatic carbocycles. The average Bonchev–Trinajstić information content (AvgIpc) is 3.85. The van der Waals surface area contributed by atoms with Crippen molar-refractivity contribution < 1.29 is 8.83 Å². The predicted octanol–water partition coefficient (Wildman–Crippen LogP) is 14.3. The third kappa shape index (κ3) is 5.55. The number of furan rings is 2. The fourth-order valence-corrected chi connectivity index (χ4v) is 7.90. The summed E-state index contributed by atoms with van der Waals surface area (Å²) in [5, 5.41) is 4.44. The van der Waals surface area contributed by atoms with Gasteiger partial charge in [0.25, 0.3) is 0 Å². The molecule has 0 atom stereocenters. The van der Waals surface area contributed by atoms with Gasteiger partial charge in [-0.15, -0.1) is 0 Å². The van der Waals surface area contributed by atoms with Crippen LogP contribution in [0.5, 0.6) is 0 Å². The molecule has 4 heteroatoms. The van der Waals surface area contributed by atoms with Gasteiger partial charge in [-0.1, -0.05) is 146 Å². The van der Waals surface area contributed by atoms with Gasteiger partial charge in [0.1, 0.15) is 22.3 Å². The number of hydrogen-bond acceptors (Lipinski definition) is 4. The maximum Gasteiger partial charge on any atom is 0.160 e. The lowest BCUT2D eigenvalue weighted by atomic mass is 9.93. The lowest BCUT2D eigenvalue weighted by molar-refractivity contribution is 0.669. The second-order valence-corrected chi connectivity index (χ2v) is 14.2. The van der Waals surface area contributed by atoms with E-state index in [0.717, 1.165) is 105 Å². The molecular formula is C52H32N2O2. The Hall–Kier alpha value is -7.56. The predicted molar refractivity (Wildman–Crippen MR) is 229 cm³/mol. The topological polar surface area (TPSA) is 52.1 Å². The van der Waals surface area contributed by atoms with Crippen LogP contribution in [0.4, 0.5) is 0 Å². The zero-order chi connectivity index (χ0) is 37.0. The minimum atomic E-state index is 0.685. The molecule has 0 aliphatic rings. The summed E-state index contributed by atoms with van der Waals surface area (Å²) in [5.74, 6) is 0.685. The number of fused-ring (bicyclic) bond motifs is 6. The third-order valence-corrected chi connectivity index (χ3v) is 10.7. The molecule has 0 bridgehead atoms. The van der Waals surface area contributed by atoms with Gasteiger partial charge >= 0.3 is 0 Å². The number of nitrogens with zero attached hydrogens (tertiary/aromatic N) is 2. The van der Waals surface area contributed by atoms with Crippen LogP contribution < -0.4 is 0 Å². The van der Waals surface area contributed by atoms with E-state index in [-0.39, 0.29) is 0 Å². The first-order valence-corrected chi connectivity index (χ1v) is 18.8. The number of benzene rings is 8. The molecule has 262 valence electrons. The van der Waals surface area contributed by atoms with Crippen molar-refractivity contribution in [3.63, 3.8) is 0 Å². The Morgan fingerprint density at radius 1 is 0.286 bits per heavy atom. The molecule has 11 rings (SSSR count). The molecule has 3 aromatic heterocycles. The highest BCUT2D eigenvalue weighted by Crippen LogP contribution is 2.39. The van der Waals surface area contributed by atoms with Gasteiger partial charge in [-0.2, -0.15) is 0 Å². The summed E-state index contributed by atoms with van der Waals surface area (Å²) >= 11 is 0. The molecule has 0 radical (unpaired) electrons. The van der Waals surface area contributed by atoms with Gasteiger partial charge in [0.05, 0.1) is 11.4 Å². The normalized spacial score (nSPS) is 11.6. The Morgan fingerprint density at radius 3 is 1.57 bits per heavy atom. The Bertz CT molecular complexity index is 3180. The largest absolute Gasteiger partial charge is 0.456 e. The van der Waals surface area contributed by atoms with Crippen molar-refractivity contribution in [2.24, 2.45) is 0 Å². The van der Waals surface area contributed by atoms with Gasteiger partial charge in [0.15, 0.2) is 5.82 Å². The van der Waals surface area contributed by atoms with Crippen LogP contribution in [0.3, 0.4) is 0 Å². The molecule has 0 saturated heterocycles. The summed E-state index contributed by atoms with van der Waals surface area (Å²) in [7, 11) is 0. The Balaban J connectivity index is 1.09. The highest BCUT2D eigenvalue weighted by Gasteiger charge is 2.16. The molecule has 0 amide bonds. The van der Waals surface area contributed by atoms with Gasteiger partial charge in [-0.25, -0.2) is 9.97 Å². The molecule has 0 saturated carbocycles. The van der Waals surface area contributed by atoms with Crippen molar-refractivity contribution in [2.45, 2.75) is 0 Å². The molecule has 0 aliphatic carbocycles. The first-order chi connectivity index (χ1) is 27.7. The zero-order valence-electron chi connectivity index (χ0n) is 30.2. The molecule has 11 aromatic rings. The summed E-state index contributed by atoms with van der Waals surface area (Å²) in [6.45, 7) is 0. The maximum absolute atomic E-state index is 6.40. The summed E-state index contributed by atoms with van der Waals surface area (Å²) in [5.41, 5.74) is 14.8. The fraction of sp³-hybridized carbons (Fsp3) is 0. The Morgan fingerprint density at radius 2 is 0.821 bits per heavy atom. The molecule has 3 heterocycles. The molecule has 0 unspecified atom stereocenters. The minimum absolute atomic E-state index is 0.685. The Kier molecular flexibility index (Phi) is 7.46. The van der Waals surface area contributed by atoms with Crippen LogP contribution in [0.15, 0.2) is 203 Å². The van der Waals surface area contributed by atoms with Crippen molar-refractivity contribution in [3.8, 4) is 67.3 Å². The van der Waals surface area contributed by atoms with Gasteiger partial charge < -0.3 is 8.83 Å². The lowest BCUT2D eigenvalue weighted by Crippen LogP contribution is -1.96. The summed E-state index contributed by atoms with van der Waals surface area (Å²) in [4.78, 5) is 10.3. The van der Waals surface area contributed by atoms with E-state index in [1.54, 1.807) is 0 Å². The molecule has 0 N–H and O–H groups in total. The molecule has 0 spiro atoms. The van der Waals surface area contributed by atoms with Crippen LogP contribution in [-0.4, -0.2) is 9.97 Å². The van der Waals surface area contributed by atoms with Crippen LogP contribution in [0, 0.1) is 0 Å². The first-order valence-electron chi connectivity index (χ1n) is 18.8. The first kappa shape index (κ1) is 31.9. The van der Waals surface area contributed by atoms with E-state index in [1.807, 2.05) is 60.7 Å². The molecule has 4 nitrogen and oxygen atoms in total. The SMILES string of the molecule is c1ccc(-c2cc(-c3cc(-c4ccc(-c5cccc6c5oc5ccccc56)cc4)cc(-c4ccc5oc6ccccc6c5c4)c3)nc(-c3ccccc3)n2)cc1. The van der Waals surface area contributed by atoms with Gasteiger partial charge in [-0.3, -0.25) is 0 Å². The highest BCUT2D eigenvalue weighted by molar-refractivity contribution is 6.10. The van der Waals surface area contributed by atoms with Gasteiger partial charge in [0.2, 0.25) is 0 Å². The van der Waals surface area contributed by atoms with E-state index >= 15 is 0 Å². The van der Waals surface area contributed by atoms with E-state index in [2.05, 4.69) is 133 Å². The third-order valence-electron chi connectivity index (χ3n) is 10.7. The molecule has 0 aliphatic heterocycles. The maximum atomic E-state index is 6.40. The van der Waals surface area contributed by atoms with E-state index in [4.69, 9.17) is 18.8 Å². The standard InChI is InChI=1S/C52H32N2O2/c1-3-12-35(13-4-1)46-32-47(54-52(53-46)36-14-5-2-6-15-36)40-29-38(28-39(30-40)37-26-27-50-45(31-37)43-17-8-9-20-48(43)55-50)33-22-24-34(25-23-33)41-18-11-19-44-42-16-7-10-21-49(42)56-51(41)44/h1-32H. The van der Waals surface area contributed by atoms with Crippen molar-refractivity contribution in [2.75, 3.05) is 0 Å². The van der Waals surface area contributed by atoms with Crippen LogP contribution >= 0.6 is 0 Å². The van der Waals surface area contributed by atoms with Gasteiger partial charge in [-0.05, 0) is 76.3 Å². The monoisotopic (exact) mass is 716 g/mol. The number of aromatic nitrogens is 2. The smallest absolute Gasteiger partial charge is 0.160 e. The van der Waals surface area contributed by atoms with E-state index in [1.165, 1.54) is 0 Å². The summed E-state index contributed by atoms with van der Waals surface area (Å²) in [6.07, 6.45) is 0. The van der Waals surface area contributed by atoms with Crippen molar-refractivity contribution in [1.82, 2.24) is 9.97 Å².